The first-order chi connectivity index (χ1) is 5.47. The standard InChI is InChI=1S/C9H15NO2/c1-8(2)6-4-3-5-9(6,12)10-7(8)11/h6,12H,3-5H2,1-2H3,(H,10,11)/t6?,9-/m0/s1. The molecule has 3 nitrogen and oxygen atoms in total. The van der Waals surface area contributed by atoms with E-state index in [1.54, 1.807) is 0 Å². The lowest BCUT2D eigenvalue weighted by Crippen LogP contribution is -2.42. The van der Waals surface area contributed by atoms with Crippen LogP contribution in [0.3, 0.4) is 0 Å². The molecule has 1 saturated heterocycles. The Balaban J connectivity index is 2.37. The van der Waals surface area contributed by atoms with Crippen molar-refractivity contribution in [1.29, 1.82) is 0 Å². The number of hydrogen-bond acceptors (Lipinski definition) is 2. The molecule has 68 valence electrons. The number of nitrogens with one attached hydrogen (secondary N) is 1. The fraction of sp³-hybridized carbons (Fsp3) is 0.889. The van der Waals surface area contributed by atoms with Crippen molar-refractivity contribution in [3.8, 4) is 0 Å². The zero-order valence-corrected chi connectivity index (χ0v) is 7.55. The number of rotatable bonds is 0. The molecule has 1 aliphatic heterocycles. The van der Waals surface area contributed by atoms with Gasteiger partial charge in [-0.15, -0.1) is 0 Å². The van der Waals surface area contributed by atoms with Crippen molar-refractivity contribution in [1.82, 2.24) is 5.32 Å². The minimum absolute atomic E-state index is 0.00491. The zero-order valence-electron chi connectivity index (χ0n) is 7.55. The fourth-order valence-electron chi connectivity index (χ4n) is 2.61. The van der Waals surface area contributed by atoms with Crippen LogP contribution in [0, 0.1) is 11.3 Å². The van der Waals surface area contributed by atoms with Gasteiger partial charge in [0.05, 0.1) is 5.41 Å². The van der Waals surface area contributed by atoms with E-state index in [0.717, 1.165) is 12.8 Å². The van der Waals surface area contributed by atoms with Gasteiger partial charge in [-0.05, 0) is 19.3 Å². The van der Waals surface area contributed by atoms with E-state index in [9.17, 15) is 9.90 Å². The van der Waals surface area contributed by atoms with Crippen LogP contribution < -0.4 is 5.32 Å². The summed E-state index contributed by atoms with van der Waals surface area (Å²) in [6.07, 6.45) is 2.69. The van der Waals surface area contributed by atoms with Crippen molar-refractivity contribution in [2.24, 2.45) is 11.3 Å². The molecule has 0 aromatic rings. The molecule has 0 bridgehead atoms. The zero-order chi connectivity index (χ0) is 8.98. The van der Waals surface area contributed by atoms with E-state index in [-0.39, 0.29) is 17.2 Å². The van der Waals surface area contributed by atoms with Gasteiger partial charge < -0.3 is 10.4 Å². The number of aliphatic hydroxyl groups is 1. The molecule has 2 atom stereocenters. The van der Waals surface area contributed by atoms with E-state index < -0.39 is 5.72 Å². The van der Waals surface area contributed by atoms with Gasteiger partial charge >= 0.3 is 0 Å². The predicted octanol–water partition coefficient (Wildman–Crippen LogP) is 0.631. The largest absolute Gasteiger partial charge is 0.371 e. The minimum atomic E-state index is -0.888. The number of carbonyl (C=O) groups is 1. The van der Waals surface area contributed by atoms with Crippen molar-refractivity contribution < 1.29 is 9.90 Å². The third-order valence-electron chi connectivity index (χ3n) is 3.41. The minimum Gasteiger partial charge on any atom is -0.371 e. The molecular formula is C9H15NO2. The molecule has 0 aromatic carbocycles. The third-order valence-corrected chi connectivity index (χ3v) is 3.41. The Bertz CT molecular complexity index is 237. The van der Waals surface area contributed by atoms with Gasteiger partial charge in [0, 0.05) is 5.92 Å². The Kier molecular flexibility index (Phi) is 1.35. The van der Waals surface area contributed by atoms with Crippen LogP contribution in [0.4, 0.5) is 0 Å². The third kappa shape index (κ3) is 0.774. The van der Waals surface area contributed by atoms with Gasteiger partial charge in [-0.2, -0.15) is 0 Å². The molecule has 3 heteroatoms. The van der Waals surface area contributed by atoms with Crippen LogP contribution in [-0.2, 0) is 4.79 Å². The van der Waals surface area contributed by atoms with Crippen LogP contribution in [0.2, 0.25) is 0 Å². The SMILES string of the molecule is CC1(C)C(=O)N[C@]2(O)CCCC12. The average Bonchev–Trinajstić information content (AvgIpc) is 2.36. The summed E-state index contributed by atoms with van der Waals surface area (Å²) in [7, 11) is 0. The lowest BCUT2D eigenvalue weighted by molar-refractivity contribution is -0.127. The van der Waals surface area contributed by atoms with Gasteiger partial charge in [0.15, 0.2) is 0 Å². The molecule has 2 aliphatic rings. The van der Waals surface area contributed by atoms with Gasteiger partial charge in [-0.1, -0.05) is 13.8 Å². The molecule has 1 saturated carbocycles. The Labute approximate surface area is 72.2 Å². The first-order valence-corrected chi connectivity index (χ1v) is 4.52. The second-order valence-electron chi connectivity index (χ2n) is 4.54. The number of carbonyl (C=O) groups excluding carboxylic acids is 1. The van der Waals surface area contributed by atoms with E-state index in [1.807, 2.05) is 13.8 Å². The topological polar surface area (TPSA) is 49.3 Å². The van der Waals surface area contributed by atoms with Gasteiger partial charge in [-0.3, -0.25) is 4.79 Å². The molecular weight excluding hydrogens is 154 g/mol. The van der Waals surface area contributed by atoms with Gasteiger partial charge in [0.1, 0.15) is 5.72 Å². The van der Waals surface area contributed by atoms with Crippen LogP contribution in [0.15, 0.2) is 0 Å². The Morgan fingerprint density at radius 2 is 2.25 bits per heavy atom. The quantitative estimate of drug-likeness (QED) is 0.559. The molecule has 0 aromatic heterocycles. The van der Waals surface area contributed by atoms with Crippen LogP contribution in [0.1, 0.15) is 33.1 Å². The van der Waals surface area contributed by atoms with Crippen molar-refractivity contribution in [2.75, 3.05) is 0 Å². The maximum absolute atomic E-state index is 11.4. The summed E-state index contributed by atoms with van der Waals surface area (Å²) in [6, 6.07) is 0. The van der Waals surface area contributed by atoms with E-state index in [2.05, 4.69) is 5.32 Å². The molecule has 0 spiro atoms. The summed E-state index contributed by atoms with van der Waals surface area (Å²) < 4.78 is 0. The predicted molar refractivity (Wildman–Crippen MR) is 44.2 cm³/mol. The summed E-state index contributed by atoms with van der Waals surface area (Å²) >= 11 is 0. The Morgan fingerprint density at radius 3 is 2.83 bits per heavy atom. The lowest BCUT2D eigenvalue weighted by Gasteiger charge is -2.26. The molecule has 1 unspecified atom stereocenters. The molecule has 2 N–H and O–H groups in total. The van der Waals surface area contributed by atoms with E-state index in [4.69, 9.17) is 0 Å². The summed E-state index contributed by atoms with van der Waals surface area (Å²) in [5.41, 5.74) is -1.27. The summed E-state index contributed by atoms with van der Waals surface area (Å²) in [6.45, 7) is 3.83. The first kappa shape index (κ1) is 8.05. The molecule has 1 heterocycles. The molecule has 1 aliphatic carbocycles. The van der Waals surface area contributed by atoms with E-state index >= 15 is 0 Å². The van der Waals surface area contributed by atoms with Crippen LogP contribution in [0.25, 0.3) is 0 Å². The normalized spacial score (nSPS) is 44.2. The van der Waals surface area contributed by atoms with E-state index in [0.29, 0.717) is 6.42 Å². The Morgan fingerprint density at radius 1 is 1.58 bits per heavy atom. The van der Waals surface area contributed by atoms with Gasteiger partial charge in [0.25, 0.3) is 0 Å². The highest BCUT2D eigenvalue weighted by Crippen LogP contribution is 2.49. The molecule has 1 amide bonds. The van der Waals surface area contributed by atoms with Crippen molar-refractivity contribution in [3.63, 3.8) is 0 Å². The smallest absolute Gasteiger partial charge is 0.228 e. The highest BCUT2D eigenvalue weighted by molar-refractivity contribution is 5.85. The van der Waals surface area contributed by atoms with Crippen LogP contribution in [0.5, 0.6) is 0 Å². The second kappa shape index (κ2) is 2.02. The monoisotopic (exact) mass is 169 g/mol. The van der Waals surface area contributed by atoms with Crippen LogP contribution in [-0.4, -0.2) is 16.7 Å². The summed E-state index contributed by atoms with van der Waals surface area (Å²) in [5.74, 6) is 0.104. The average molecular weight is 169 g/mol. The Hall–Kier alpha value is -0.570. The highest BCUT2D eigenvalue weighted by atomic mass is 16.3. The maximum atomic E-state index is 11.4. The molecule has 2 rings (SSSR count). The van der Waals surface area contributed by atoms with Crippen molar-refractivity contribution in [3.05, 3.63) is 0 Å². The molecule has 12 heavy (non-hydrogen) atoms. The molecule has 2 fully saturated rings. The summed E-state index contributed by atoms with van der Waals surface area (Å²) in [5, 5.41) is 12.7. The first-order valence-electron chi connectivity index (χ1n) is 4.52. The summed E-state index contributed by atoms with van der Waals surface area (Å²) in [4.78, 5) is 11.4. The van der Waals surface area contributed by atoms with E-state index in [1.165, 1.54) is 0 Å². The van der Waals surface area contributed by atoms with Crippen LogP contribution >= 0.6 is 0 Å². The van der Waals surface area contributed by atoms with Gasteiger partial charge in [-0.25, -0.2) is 0 Å². The van der Waals surface area contributed by atoms with Crippen molar-refractivity contribution in [2.45, 2.75) is 38.8 Å². The lowest BCUT2D eigenvalue weighted by atomic mass is 9.78. The number of hydrogen-bond donors (Lipinski definition) is 2. The molecule has 0 radical (unpaired) electrons. The van der Waals surface area contributed by atoms with Crippen molar-refractivity contribution >= 4 is 5.91 Å². The fourth-order valence-corrected chi connectivity index (χ4v) is 2.61. The van der Waals surface area contributed by atoms with Gasteiger partial charge in [0.2, 0.25) is 5.91 Å². The highest BCUT2D eigenvalue weighted by Gasteiger charge is 2.58. The number of amides is 1. The number of fused-ring (bicyclic) bond motifs is 1. The second-order valence-corrected chi connectivity index (χ2v) is 4.54. The maximum Gasteiger partial charge on any atom is 0.228 e.